The van der Waals surface area contributed by atoms with Crippen LogP contribution in [-0.2, 0) is 16.0 Å². The Labute approximate surface area is 166 Å². The highest BCUT2D eigenvalue weighted by Crippen LogP contribution is 2.21. The van der Waals surface area contributed by atoms with Crippen LogP contribution in [0, 0.1) is 5.92 Å². The topological polar surface area (TPSA) is 75.6 Å². The Bertz CT molecular complexity index is 778. The number of carbonyl (C=O) groups is 2. The van der Waals surface area contributed by atoms with Gasteiger partial charge in [-0.1, -0.05) is 61.5 Å². The van der Waals surface area contributed by atoms with Crippen molar-refractivity contribution < 1.29 is 19.4 Å². The fourth-order valence-electron chi connectivity index (χ4n) is 2.94. The largest absolute Gasteiger partial charge is 0.481 e. The van der Waals surface area contributed by atoms with E-state index in [1.54, 1.807) is 27.7 Å². The zero-order valence-electron chi connectivity index (χ0n) is 16.9. The van der Waals surface area contributed by atoms with E-state index in [2.05, 4.69) is 17.4 Å². The van der Waals surface area contributed by atoms with Crippen molar-refractivity contribution in [2.45, 2.75) is 52.2 Å². The summed E-state index contributed by atoms with van der Waals surface area (Å²) < 4.78 is 5.33. The third kappa shape index (κ3) is 7.06. The van der Waals surface area contributed by atoms with E-state index in [0.717, 1.165) is 16.7 Å². The van der Waals surface area contributed by atoms with Gasteiger partial charge in [0, 0.05) is 6.04 Å². The number of alkyl carbamates (subject to hydrolysis) is 1. The lowest BCUT2D eigenvalue weighted by molar-refractivity contribution is -0.141. The molecule has 0 unspecified atom stereocenters. The average molecular weight is 383 g/mol. The Morgan fingerprint density at radius 2 is 1.57 bits per heavy atom. The van der Waals surface area contributed by atoms with Crippen LogP contribution in [0.5, 0.6) is 0 Å². The van der Waals surface area contributed by atoms with Crippen molar-refractivity contribution in [1.29, 1.82) is 0 Å². The molecule has 2 aromatic rings. The number of hydrogen-bond donors (Lipinski definition) is 2. The first-order valence-electron chi connectivity index (χ1n) is 9.51. The van der Waals surface area contributed by atoms with E-state index < -0.39 is 23.6 Å². The summed E-state index contributed by atoms with van der Waals surface area (Å²) in [5.74, 6) is -1.45. The first kappa shape index (κ1) is 21.5. The van der Waals surface area contributed by atoms with Crippen LogP contribution >= 0.6 is 0 Å². The highest BCUT2D eigenvalue weighted by Gasteiger charge is 2.23. The molecule has 2 rings (SSSR count). The molecule has 0 saturated carbocycles. The van der Waals surface area contributed by atoms with E-state index in [4.69, 9.17) is 4.74 Å². The maximum Gasteiger partial charge on any atom is 0.407 e. The van der Waals surface area contributed by atoms with Gasteiger partial charge in [0.15, 0.2) is 0 Å². The number of nitrogens with one attached hydrogen (secondary N) is 1. The van der Waals surface area contributed by atoms with Crippen molar-refractivity contribution >= 4 is 12.1 Å². The number of amides is 1. The molecule has 0 radical (unpaired) electrons. The van der Waals surface area contributed by atoms with Gasteiger partial charge in [0.2, 0.25) is 0 Å². The lowest BCUT2D eigenvalue weighted by atomic mass is 9.95. The standard InChI is InChI=1S/C23H29NO4/c1-16(21(25)26)14-20(24-22(27)28-23(2,3)4)15-17-10-12-19(13-11-17)18-8-6-5-7-9-18/h5-13,16,20H,14-15H2,1-4H3,(H,24,27)(H,25,26)/t16-,20+/m0/s1. The van der Waals surface area contributed by atoms with Gasteiger partial charge in [0.05, 0.1) is 5.92 Å². The van der Waals surface area contributed by atoms with Gasteiger partial charge in [-0.15, -0.1) is 0 Å². The van der Waals surface area contributed by atoms with Crippen LogP contribution in [0.15, 0.2) is 54.6 Å². The Hall–Kier alpha value is -2.82. The number of carboxylic acids is 1. The predicted octanol–water partition coefficient (Wildman–Crippen LogP) is 4.90. The van der Waals surface area contributed by atoms with Crippen molar-refractivity contribution in [3.05, 3.63) is 60.2 Å². The highest BCUT2D eigenvalue weighted by atomic mass is 16.6. The molecular weight excluding hydrogens is 354 g/mol. The molecule has 0 spiro atoms. The fourth-order valence-corrected chi connectivity index (χ4v) is 2.94. The van der Waals surface area contributed by atoms with Gasteiger partial charge in [-0.2, -0.15) is 0 Å². The van der Waals surface area contributed by atoms with Crippen LogP contribution in [0.4, 0.5) is 4.79 Å². The molecule has 150 valence electrons. The van der Waals surface area contributed by atoms with Crippen LogP contribution in [0.2, 0.25) is 0 Å². The molecule has 0 aliphatic rings. The summed E-state index contributed by atoms with van der Waals surface area (Å²) in [6, 6.07) is 17.8. The second-order valence-electron chi connectivity index (χ2n) is 8.09. The van der Waals surface area contributed by atoms with Crippen molar-refractivity contribution in [2.75, 3.05) is 0 Å². The van der Waals surface area contributed by atoms with Crippen LogP contribution in [0.25, 0.3) is 11.1 Å². The number of aliphatic carboxylic acids is 1. The zero-order chi connectivity index (χ0) is 20.7. The van der Waals surface area contributed by atoms with Crippen LogP contribution in [0.1, 0.15) is 39.7 Å². The molecule has 0 bridgehead atoms. The quantitative estimate of drug-likeness (QED) is 0.713. The molecule has 28 heavy (non-hydrogen) atoms. The van der Waals surface area contributed by atoms with Crippen LogP contribution in [0.3, 0.4) is 0 Å². The molecule has 5 nitrogen and oxygen atoms in total. The van der Waals surface area contributed by atoms with Crippen molar-refractivity contribution in [3.8, 4) is 11.1 Å². The van der Waals surface area contributed by atoms with Crippen molar-refractivity contribution in [2.24, 2.45) is 5.92 Å². The lowest BCUT2D eigenvalue weighted by Crippen LogP contribution is -2.41. The van der Waals surface area contributed by atoms with Gasteiger partial charge in [0.25, 0.3) is 0 Å². The Morgan fingerprint density at radius 3 is 2.11 bits per heavy atom. The summed E-state index contributed by atoms with van der Waals surface area (Å²) in [4.78, 5) is 23.4. The van der Waals surface area contributed by atoms with Crippen LogP contribution < -0.4 is 5.32 Å². The molecule has 2 N–H and O–H groups in total. The van der Waals surface area contributed by atoms with Crippen molar-refractivity contribution in [1.82, 2.24) is 5.32 Å². The number of rotatable bonds is 7. The maximum absolute atomic E-state index is 12.2. The van der Waals surface area contributed by atoms with Crippen molar-refractivity contribution in [3.63, 3.8) is 0 Å². The Kier molecular flexibility index (Phi) is 7.21. The van der Waals surface area contributed by atoms with Gasteiger partial charge >= 0.3 is 12.1 Å². The van der Waals surface area contributed by atoms with E-state index in [9.17, 15) is 14.7 Å². The second-order valence-corrected chi connectivity index (χ2v) is 8.09. The molecule has 0 heterocycles. The molecule has 5 heteroatoms. The third-order valence-corrected chi connectivity index (χ3v) is 4.32. The number of hydrogen-bond acceptors (Lipinski definition) is 3. The molecule has 0 fully saturated rings. The van der Waals surface area contributed by atoms with Gasteiger partial charge in [-0.25, -0.2) is 4.79 Å². The summed E-state index contributed by atoms with van der Waals surface area (Å²) in [5.41, 5.74) is 2.67. The van der Waals surface area contributed by atoms with Gasteiger partial charge < -0.3 is 15.2 Å². The molecular formula is C23H29NO4. The molecule has 0 aliphatic heterocycles. The van der Waals surface area contributed by atoms with E-state index in [1.807, 2.05) is 42.5 Å². The minimum absolute atomic E-state index is 0.328. The average Bonchev–Trinajstić information content (AvgIpc) is 2.61. The minimum atomic E-state index is -0.879. The smallest absolute Gasteiger partial charge is 0.407 e. The van der Waals surface area contributed by atoms with Gasteiger partial charge in [-0.05, 0) is 50.3 Å². The summed E-state index contributed by atoms with van der Waals surface area (Å²) in [6.45, 7) is 7.03. The third-order valence-electron chi connectivity index (χ3n) is 4.32. The maximum atomic E-state index is 12.2. The lowest BCUT2D eigenvalue weighted by Gasteiger charge is -2.24. The SMILES string of the molecule is C[C@@H](C[C@H](Cc1ccc(-c2ccccc2)cc1)NC(=O)OC(C)(C)C)C(=O)O. The Balaban J connectivity index is 2.10. The second kappa shape index (κ2) is 9.40. The molecule has 0 saturated heterocycles. The number of ether oxygens (including phenoxy) is 1. The molecule has 1 amide bonds. The minimum Gasteiger partial charge on any atom is -0.481 e. The van der Waals surface area contributed by atoms with E-state index >= 15 is 0 Å². The van der Waals surface area contributed by atoms with Crippen LogP contribution in [-0.4, -0.2) is 28.8 Å². The summed E-state index contributed by atoms with van der Waals surface area (Å²) in [5, 5.41) is 12.1. The number of benzene rings is 2. The predicted molar refractivity (Wildman–Crippen MR) is 110 cm³/mol. The summed E-state index contributed by atoms with van der Waals surface area (Å²) in [6.07, 6.45) is 0.331. The highest BCUT2D eigenvalue weighted by molar-refractivity contribution is 5.70. The monoisotopic (exact) mass is 383 g/mol. The summed E-state index contributed by atoms with van der Waals surface area (Å²) >= 11 is 0. The molecule has 0 aromatic heterocycles. The number of carboxylic acid groups (broad SMARTS) is 1. The molecule has 0 aliphatic carbocycles. The zero-order valence-corrected chi connectivity index (χ0v) is 16.9. The van der Waals surface area contributed by atoms with E-state index in [0.29, 0.717) is 12.8 Å². The number of carbonyl (C=O) groups excluding carboxylic acids is 1. The summed E-state index contributed by atoms with van der Waals surface area (Å²) in [7, 11) is 0. The first-order valence-corrected chi connectivity index (χ1v) is 9.51. The van der Waals surface area contributed by atoms with Gasteiger partial charge in [-0.3, -0.25) is 4.79 Å². The fraction of sp³-hybridized carbons (Fsp3) is 0.391. The molecule has 2 atom stereocenters. The van der Waals surface area contributed by atoms with E-state index in [1.165, 1.54) is 0 Å². The first-order chi connectivity index (χ1) is 13.1. The van der Waals surface area contributed by atoms with E-state index in [-0.39, 0.29) is 6.04 Å². The normalized spacial score (nSPS) is 13.4. The Morgan fingerprint density at radius 1 is 1.00 bits per heavy atom. The molecule has 2 aromatic carbocycles. The van der Waals surface area contributed by atoms with Gasteiger partial charge in [0.1, 0.15) is 5.60 Å².